The highest BCUT2D eigenvalue weighted by atomic mass is 16.3. The molecule has 3 nitrogen and oxygen atoms in total. The minimum atomic E-state index is 0.908. The number of rotatable bonds is 6. The predicted molar refractivity (Wildman–Crippen MR) is 239 cm³/mol. The number of fused-ring (bicyclic) bond motifs is 9. The van der Waals surface area contributed by atoms with Crippen LogP contribution in [-0.2, 0) is 0 Å². The summed E-state index contributed by atoms with van der Waals surface area (Å²) in [6, 6.07) is 74.3. The van der Waals surface area contributed by atoms with Crippen LogP contribution in [0.5, 0.6) is 0 Å². The summed E-state index contributed by atoms with van der Waals surface area (Å²) in [5, 5.41) is 7.46. The number of benzene rings is 9. The minimum absolute atomic E-state index is 0.908. The Kier molecular flexibility index (Phi) is 6.93. The highest BCUT2D eigenvalue weighted by molar-refractivity contribution is 6.23. The van der Waals surface area contributed by atoms with Crippen molar-refractivity contribution in [2.45, 2.75) is 0 Å². The Morgan fingerprint density at radius 1 is 0.333 bits per heavy atom. The lowest BCUT2D eigenvalue weighted by Crippen LogP contribution is -2.09. The second-order valence-corrected chi connectivity index (χ2v) is 14.9. The molecule has 0 atom stereocenters. The van der Waals surface area contributed by atoms with Gasteiger partial charge in [-0.25, -0.2) is 0 Å². The van der Waals surface area contributed by atoms with Crippen LogP contribution in [-0.4, -0.2) is 4.40 Å². The zero-order valence-electron chi connectivity index (χ0n) is 30.9. The topological polar surface area (TPSA) is 20.8 Å². The molecule has 0 bridgehead atoms. The molecule has 266 valence electrons. The van der Waals surface area contributed by atoms with Crippen molar-refractivity contribution < 1.29 is 4.42 Å². The molecule has 0 N–H and O–H groups in total. The maximum Gasteiger partial charge on any atom is 0.143 e. The van der Waals surface area contributed by atoms with E-state index in [4.69, 9.17) is 4.42 Å². The zero-order valence-corrected chi connectivity index (χ0v) is 30.9. The normalized spacial score (nSPS) is 11.9. The second kappa shape index (κ2) is 12.5. The fraction of sp³-hybridized carbons (Fsp3) is 0. The third-order valence-corrected chi connectivity index (χ3v) is 11.8. The molecule has 0 radical (unpaired) electrons. The van der Waals surface area contributed by atoms with Crippen molar-refractivity contribution in [1.82, 2.24) is 4.40 Å². The highest BCUT2D eigenvalue weighted by Crippen LogP contribution is 2.42. The predicted octanol–water partition coefficient (Wildman–Crippen LogP) is 15.2. The average Bonchev–Trinajstić information content (AvgIpc) is 3.95. The molecule has 12 aromatic rings. The zero-order chi connectivity index (χ0) is 37.5. The molecule has 57 heavy (non-hydrogen) atoms. The summed E-state index contributed by atoms with van der Waals surface area (Å²) in [4.78, 5) is 2.34. The van der Waals surface area contributed by atoms with Crippen molar-refractivity contribution in [3.63, 3.8) is 0 Å². The average molecular weight is 727 g/mol. The molecule has 0 aliphatic rings. The van der Waals surface area contributed by atoms with Gasteiger partial charge in [-0.2, -0.15) is 0 Å². The van der Waals surface area contributed by atoms with Crippen molar-refractivity contribution in [2.24, 2.45) is 0 Å². The standard InChI is InChI=1S/C54H34N2O/c1-2-10-35(11-3-1)36-20-27-40(28-21-36)55(42-31-24-38(25-32-42)43-14-8-17-49-46-13-5-7-19-52(46)57-54(43)49)41-29-22-37(23-30-41)39-26-33-45-48-16-9-15-47-44-12-4-6-18-50(44)56(53(47)48)51(45)34-39/h1-34H. The van der Waals surface area contributed by atoms with Gasteiger partial charge in [-0.1, -0.05) is 152 Å². The first-order valence-corrected chi connectivity index (χ1v) is 19.5. The third-order valence-electron chi connectivity index (χ3n) is 11.8. The van der Waals surface area contributed by atoms with Crippen LogP contribution in [0.1, 0.15) is 0 Å². The van der Waals surface area contributed by atoms with Gasteiger partial charge >= 0.3 is 0 Å². The molecule has 0 saturated carbocycles. The lowest BCUT2D eigenvalue weighted by Gasteiger charge is -2.26. The van der Waals surface area contributed by atoms with Gasteiger partial charge in [0.1, 0.15) is 11.2 Å². The molecule has 0 aliphatic heterocycles. The van der Waals surface area contributed by atoms with Crippen LogP contribution >= 0.6 is 0 Å². The molecular weight excluding hydrogens is 693 g/mol. The van der Waals surface area contributed by atoms with E-state index < -0.39 is 0 Å². The first-order chi connectivity index (χ1) is 28.3. The maximum absolute atomic E-state index is 6.41. The summed E-state index contributed by atoms with van der Waals surface area (Å²) in [6.07, 6.45) is 0. The smallest absolute Gasteiger partial charge is 0.143 e. The number of nitrogens with zero attached hydrogens (tertiary/aromatic N) is 2. The summed E-state index contributed by atoms with van der Waals surface area (Å²) in [7, 11) is 0. The Morgan fingerprint density at radius 3 is 1.56 bits per heavy atom. The van der Waals surface area contributed by atoms with Gasteiger partial charge in [0, 0.05) is 54.9 Å². The van der Waals surface area contributed by atoms with Crippen LogP contribution in [0.4, 0.5) is 17.1 Å². The van der Waals surface area contributed by atoms with E-state index in [0.29, 0.717) is 0 Å². The van der Waals surface area contributed by atoms with Crippen molar-refractivity contribution >= 4 is 77.1 Å². The molecule has 3 heterocycles. The quantitative estimate of drug-likeness (QED) is 0.170. The Balaban J connectivity index is 0.949. The van der Waals surface area contributed by atoms with Crippen LogP contribution in [0.2, 0.25) is 0 Å². The number of anilines is 3. The van der Waals surface area contributed by atoms with Gasteiger partial charge in [0.15, 0.2) is 0 Å². The first kappa shape index (κ1) is 31.7. The molecule has 0 unspecified atom stereocenters. The number of hydrogen-bond donors (Lipinski definition) is 0. The van der Waals surface area contributed by atoms with Crippen molar-refractivity contribution in [1.29, 1.82) is 0 Å². The molecule has 0 saturated heterocycles. The molecule has 9 aromatic carbocycles. The van der Waals surface area contributed by atoms with Crippen molar-refractivity contribution in [2.75, 3.05) is 4.90 Å². The molecule has 12 rings (SSSR count). The Bertz CT molecular complexity index is 3430. The molecule has 0 aliphatic carbocycles. The second-order valence-electron chi connectivity index (χ2n) is 14.9. The molecule has 0 spiro atoms. The molecule has 0 amide bonds. The van der Waals surface area contributed by atoms with E-state index in [0.717, 1.165) is 50.1 Å². The van der Waals surface area contributed by atoms with Gasteiger partial charge in [-0.3, -0.25) is 0 Å². The third kappa shape index (κ3) is 4.92. The Morgan fingerprint density at radius 2 is 0.842 bits per heavy atom. The van der Waals surface area contributed by atoms with Gasteiger partial charge in [-0.15, -0.1) is 0 Å². The van der Waals surface area contributed by atoms with E-state index in [1.54, 1.807) is 0 Å². The number of para-hydroxylation sites is 4. The minimum Gasteiger partial charge on any atom is -0.455 e. The Labute approximate surface area is 329 Å². The largest absolute Gasteiger partial charge is 0.455 e. The molecule has 3 heteroatoms. The summed E-state index contributed by atoms with van der Waals surface area (Å²) >= 11 is 0. The van der Waals surface area contributed by atoms with Crippen LogP contribution in [0.15, 0.2) is 211 Å². The number of hydrogen-bond acceptors (Lipinski definition) is 2. The van der Waals surface area contributed by atoms with Gasteiger partial charge < -0.3 is 13.7 Å². The summed E-state index contributed by atoms with van der Waals surface area (Å²) in [6.45, 7) is 0. The van der Waals surface area contributed by atoms with Crippen LogP contribution in [0.25, 0.3) is 93.4 Å². The van der Waals surface area contributed by atoms with Crippen LogP contribution < -0.4 is 4.90 Å². The monoisotopic (exact) mass is 726 g/mol. The number of aromatic nitrogens is 1. The van der Waals surface area contributed by atoms with E-state index in [1.165, 1.54) is 60.3 Å². The fourth-order valence-corrected chi connectivity index (χ4v) is 9.06. The summed E-state index contributed by atoms with van der Waals surface area (Å²) in [5.41, 5.74) is 15.8. The molecular formula is C54H34N2O. The first-order valence-electron chi connectivity index (χ1n) is 19.5. The van der Waals surface area contributed by atoms with Crippen molar-refractivity contribution in [3.05, 3.63) is 206 Å². The maximum atomic E-state index is 6.41. The van der Waals surface area contributed by atoms with E-state index >= 15 is 0 Å². The fourth-order valence-electron chi connectivity index (χ4n) is 9.06. The highest BCUT2D eigenvalue weighted by Gasteiger charge is 2.19. The van der Waals surface area contributed by atoms with Crippen LogP contribution in [0.3, 0.4) is 0 Å². The van der Waals surface area contributed by atoms with Crippen molar-refractivity contribution in [3.8, 4) is 33.4 Å². The lowest BCUT2D eigenvalue weighted by molar-refractivity contribution is 0.670. The van der Waals surface area contributed by atoms with Gasteiger partial charge in [-0.05, 0) is 82.4 Å². The van der Waals surface area contributed by atoms with Gasteiger partial charge in [0.2, 0.25) is 0 Å². The van der Waals surface area contributed by atoms with E-state index in [-0.39, 0.29) is 0 Å². The van der Waals surface area contributed by atoms with E-state index in [9.17, 15) is 0 Å². The number of furan rings is 1. The SMILES string of the molecule is c1ccc(-c2ccc(N(c3ccc(-c4ccc5c6cccc7c8ccccc8n(c5c4)c76)cc3)c3ccc(-c4cccc5c4oc4ccccc45)cc3)cc2)cc1. The summed E-state index contributed by atoms with van der Waals surface area (Å²) in [5.74, 6) is 0. The summed E-state index contributed by atoms with van der Waals surface area (Å²) < 4.78 is 8.86. The lowest BCUT2D eigenvalue weighted by atomic mass is 10.0. The van der Waals surface area contributed by atoms with E-state index in [1.807, 2.05) is 12.1 Å². The molecule has 3 aromatic heterocycles. The van der Waals surface area contributed by atoms with E-state index in [2.05, 4.69) is 203 Å². The Hall–Kier alpha value is -7.62. The van der Waals surface area contributed by atoms with Crippen LogP contribution in [0, 0.1) is 0 Å². The molecule has 0 fully saturated rings. The van der Waals surface area contributed by atoms with Gasteiger partial charge in [0.25, 0.3) is 0 Å². The van der Waals surface area contributed by atoms with Gasteiger partial charge in [0.05, 0.1) is 16.6 Å².